The maximum Gasteiger partial charge on any atom is 0.238 e. The van der Waals surface area contributed by atoms with Crippen LogP contribution < -0.4 is 10.0 Å². The molecule has 2 N–H and O–H groups in total. The topological polar surface area (TPSA) is 79.5 Å². The van der Waals surface area contributed by atoms with E-state index in [1.54, 1.807) is 12.3 Å². The molecule has 150 valence electrons. The minimum atomic E-state index is -3.82. The van der Waals surface area contributed by atoms with Gasteiger partial charge in [-0.25, -0.2) is 18.5 Å². The Labute approximate surface area is 167 Å². The number of anilines is 1. The van der Waals surface area contributed by atoms with Gasteiger partial charge in [-0.2, -0.15) is 0 Å². The van der Waals surface area contributed by atoms with Gasteiger partial charge in [0.1, 0.15) is 5.82 Å². The molecule has 1 aromatic carbocycles. The predicted octanol–water partition coefficient (Wildman–Crippen LogP) is 2.83. The molecule has 1 fully saturated rings. The molecule has 6 nitrogen and oxygen atoms in total. The number of hydrogen-bond acceptors (Lipinski definition) is 5. The van der Waals surface area contributed by atoms with Crippen LogP contribution in [0.1, 0.15) is 25.3 Å². The number of nitrogens with two attached hydrogens (primary N) is 1. The SMILES string of the molecule is C=CCN1CCN(c2ccc(-c3cc(C(C)C)ccc3S(N)(=O)=O)cn2)CC1. The molecule has 7 heteroatoms. The second-order valence-electron chi connectivity index (χ2n) is 7.44. The van der Waals surface area contributed by atoms with Crippen molar-refractivity contribution >= 4 is 15.8 Å². The molecule has 2 heterocycles. The van der Waals surface area contributed by atoms with Crippen molar-refractivity contribution in [2.24, 2.45) is 5.14 Å². The Morgan fingerprint density at radius 1 is 1.18 bits per heavy atom. The van der Waals surface area contributed by atoms with Crippen LogP contribution in [0.25, 0.3) is 11.1 Å². The van der Waals surface area contributed by atoms with Crippen molar-refractivity contribution in [1.82, 2.24) is 9.88 Å². The Balaban J connectivity index is 1.87. The highest BCUT2D eigenvalue weighted by atomic mass is 32.2. The molecule has 3 rings (SSSR count). The van der Waals surface area contributed by atoms with Gasteiger partial charge in [-0.3, -0.25) is 4.90 Å². The average Bonchev–Trinajstić information content (AvgIpc) is 2.68. The largest absolute Gasteiger partial charge is 0.354 e. The van der Waals surface area contributed by atoms with Crippen LogP contribution >= 0.6 is 0 Å². The number of benzene rings is 1. The number of piperazine rings is 1. The van der Waals surface area contributed by atoms with Crippen LogP contribution in [0.3, 0.4) is 0 Å². The van der Waals surface area contributed by atoms with Crippen LogP contribution in [-0.2, 0) is 10.0 Å². The average molecular weight is 401 g/mol. The first-order chi connectivity index (χ1) is 13.3. The molecular formula is C21H28N4O2S. The lowest BCUT2D eigenvalue weighted by Crippen LogP contribution is -2.46. The zero-order valence-corrected chi connectivity index (χ0v) is 17.3. The summed E-state index contributed by atoms with van der Waals surface area (Å²) in [6, 6.07) is 9.18. The van der Waals surface area contributed by atoms with E-state index in [1.807, 2.05) is 30.3 Å². The molecule has 1 aromatic heterocycles. The lowest BCUT2D eigenvalue weighted by atomic mass is 9.98. The van der Waals surface area contributed by atoms with Crippen molar-refractivity contribution < 1.29 is 8.42 Å². The van der Waals surface area contributed by atoms with Crippen molar-refractivity contribution in [3.05, 3.63) is 54.7 Å². The van der Waals surface area contributed by atoms with Crippen LogP contribution in [0.2, 0.25) is 0 Å². The number of aromatic nitrogens is 1. The van der Waals surface area contributed by atoms with Crippen molar-refractivity contribution in [2.75, 3.05) is 37.6 Å². The summed E-state index contributed by atoms with van der Waals surface area (Å²) in [6.07, 6.45) is 3.66. The number of sulfonamides is 1. The van der Waals surface area contributed by atoms with E-state index in [-0.39, 0.29) is 10.8 Å². The van der Waals surface area contributed by atoms with E-state index in [0.717, 1.165) is 49.7 Å². The lowest BCUT2D eigenvalue weighted by molar-refractivity contribution is 0.283. The molecule has 0 spiro atoms. The highest BCUT2D eigenvalue weighted by molar-refractivity contribution is 7.89. The van der Waals surface area contributed by atoms with Crippen LogP contribution in [0.15, 0.2) is 54.1 Å². The summed E-state index contributed by atoms with van der Waals surface area (Å²) in [5.41, 5.74) is 2.41. The number of nitrogens with zero attached hydrogens (tertiary/aromatic N) is 3. The third kappa shape index (κ3) is 4.60. The number of hydrogen-bond donors (Lipinski definition) is 1. The summed E-state index contributed by atoms with van der Waals surface area (Å²) >= 11 is 0. The predicted molar refractivity (Wildman–Crippen MR) is 114 cm³/mol. The number of pyridine rings is 1. The molecule has 0 unspecified atom stereocenters. The van der Waals surface area contributed by atoms with Crippen LogP contribution in [0.5, 0.6) is 0 Å². The van der Waals surface area contributed by atoms with E-state index in [4.69, 9.17) is 5.14 Å². The minimum absolute atomic E-state index is 0.129. The summed E-state index contributed by atoms with van der Waals surface area (Å²) in [4.78, 5) is 9.33. The van der Waals surface area contributed by atoms with E-state index in [1.165, 1.54) is 0 Å². The summed E-state index contributed by atoms with van der Waals surface area (Å²) in [7, 11) is -3.82. The molecule has 0 saturated carbocycles. The molecule has 0 atom stereocenters. The van der Waals surface area contributed by atoms with Gasteiger partial charge in [-0.05, 0) is 35.7 Å². The van der Waals surface area contributed by atoms with Crippen LogP contribution in [0.4, 0.5) is 5.82 Å². The molecule has 2 aromatic rings. The summed E-state index contributed by atoms with van der Waals surface area (Å²) in [6.45, 7) is 12.6. The zero-order chi connectivity index (χ0) is 20.3. The monoisotopic (exact) mass is 400 g/mol. The van der Waals surface area contributed by atoms with Gasteiger partial charge in [0, 0.05) is 50.0 Å². The molecule has 1 saturated heterocycles. The Bertz CT molecular complexity index is 931. The Kier molecular flexibility index (Phi) is 6.17. The second kappa shape index (κ2) is 8.43. The minimum Gasteiger partial charge on any atom is -0.354 e. The molecule has 0 radical (unpaired) electrons. The van der Waals surface area contributed by atoms with Crippen molar-refractivity contribution in [3.63, 3.8) is 0 Å². The van der Waals surface area contributed by atoms with Crippen molar-refractivity contribution in [1.29, 1.82) is 0 Å². The molecule has 0 amide bonds. The Morgan fingerprint density at radius 2 is 1.89 bits per heavy atom. The highest BCUT2D eigenvalue weighted by Gasteiger charge is 2.19. The van der Waals surface area contributed by atoms with Crippen molar-refractivity contribution in [3.8, 4) is 11.1 Å². The van der Waals surface area contributed by atoms with Gasteiger partial charge in [-0.1, -0.05) is 26.0 Å². The molecule has 1 aliphatic heterocycles. The molecule has 28 heavy (non-hydrogen) atoms. The Hall–Kier alpha value is -2.22. The Morgan fingerprint density at radius 3 is 2.43 bits per heavy atom. The van der Waals surface area contributed by atoms with E-state index >= 15 is 0 Å². The maximum atomic E-state index is 12.0. The fraction of sp³-hybridized carbons (Fsp3) is 0.381. The van der Waals surface area contributed by atoms with Gasteiger partial charge in [-0.15, -0.1) is 6.58 Å². The van der Waals surface area contributed by atoms with Crippen LogP contribution in [-0.4, -0.2) is 51.0 Å². The second-order valence-corrected chi connectivity index (χ2v) is 8.97. The van der Waals surface area contributed by atoms with E-state index in [2.05, 4.69) is 35.2 Å². The van der Waals surface area contributed by atoms with Gasteiger partial charge in [0.05, 0.1) is 4.90 Å². The zero-order valence-electron chi connectivity index (χ0n) is 16.5. The first-order valence-corrected chi connectivity index (χ1v) is 11.1. The smallest absolute Gasteiger partial charge is 0.238 e. The fourth-order valence-corrected chi connectivity index (χ4v) is 4.20. The lowest BCUT2D eigenvalue weighted by Gasteiger charge is -2.34. The first-order valence-electron chi connectivity index (χ1n) is 9.51. The summed E-state index contributed by atoms with van der Waals surface area (Å²) < 4.78 is 24.1. The van der Waals surface area contributed by atoms with Gasteiger partial charge in [0.15, 0.2) is 0 Å². The van der Waals surface area contributed by atoms with E-state index in [9.17, 15) is 8.42 Å². The molecule has 0 bridgehead atoms. The molecular weight excluding hydrogens is 372 g/mol. The maximum absolute atomic E-state index is 12.0. The highest BCUT2D eigenvalue weighted by Crippen LogP contribution is 2.30. The molecule has 0 aliphatic carbocycles. The number of primary sulfonamides is 1. The van der Waals surface area contributed by atoms with Crippen LogP contribution in [0, 0.1) is 0 Å². The summed E-state index contributed by atoms with van der Waals surface area (Å²) in [5, 5.41) is 5.44. The quantitative estimate of drug-likeness (QED) is 0.754. The van der Waals surface area contributed by atoms with Gasteiger partial charge >= 0.3 is 0 Å². The van der Waals surface area contributed by atoms with Crippen molar-refractivity contribution in [2.45, 2.75) is 24.7 Å². The first kappa shape index (κ1) is 20.5. The molecule has 1 aliphatic rings. The summed E-state index contributed by atoms with van der Waals surface area (Å²) in [5.74, 6) is 1.19. The van der Waals surface area contributed by atoms with Gasteiger partial charge in [0.25, 0.3) is 0 Å². The fourth-order valence-electron chi connectivity index (χ4n) is 3.45. The van der Waals surface area contributed by atoms with E-state index in [0.29, 0.717) is 5.56 Å². The third-order valence-corrected chi connectivity index (χ3v) is 6.09. The standard InChI is InChI=1S/C21H28N4O2S/c1-4-9-24-10-12-25(13-11-24)21-8-6-18(15-23-21)19-14-17(16(2)3)5-7-20(19)28(22,26)27/h4-8,14-16H,1,9-13H2,2-3H3,(H2,22,26,27). The third-order valence-electron chi connectivity index (χ3n) is 5.12. The van der Waals surface area contributed by atoms with Gasteiger partial charge in [0.2, 0.25) is 10.0 Å². The van der Waals surface area contributed by atoms with E-state index < -0.39 is 10.0 Å². The van der Waals surface area contributed by atoms with Gasteiger partial charge < -0.3 is 4.90 Å². The number of rotatable bonds is 6. The normalized spacial score (nSPS) is 15.8.